The van der Waals surface area contributed by atoms with Crippen molar-refractivity contribution < 1.29 is 0 Å². The zero-order valence-electron chi connectivity index (χ0n) is 11.3. The number of aryl methyl sites for hydroxylation is 1. The summed E-state index contributed by atoms with van der Waals surface area (Å²) in [5.41, 5.74) is 8.86. The molecule has 2 aromatic rings. The molecular formula is C13H19N5. The van der Waals surface area contributed by atoms with Gasteiger partial charge in [0.25, 0.3) is 0 Å². The van der Waals surface area contributed by atoms with Crippen LogP contribution in [0.15, 0.2) is 18.2 Å². The van der Waals surface area contributed by atoms with E-state index < -0.39 is 0 Å². The van der Waals surface area contributed by atoms with Crippen LogP contribution in [0.1, 0.15) is 26.3 Å². The summed E-state index contributed by atoms with van der Waals surface area (Å²) in [5, 5.41) is 11.9. The van der Waals surface area contributed by atoms with Crippen LogP contribution in [0.2, 0.25) is 0 Å². The highest BCUT2D eigenvalue weighted by molar-refractivity contribution is 5.74. The first-order valence-corrected chi connectivity index (χ1v) is 6.00. The van der Waals surface area contributed by atoms with Crippen molar-refractivity contribution in [2.24, 2.45) is 5.41 Å². The molecule has 0 spiro atoms. The van der Waals surface area contributed by atoms with Gasteiger partial charge in [-0.15, -0.1) is 5.10 Å². The lowest BCUT2D eigenvalue weighted by Gasteiger charge is -2.19. The normalized spacial score (nSPS) is 11.8. The van der Waals surface area contributed by atoms with E-state index in [1.165, 1.54) is 0 Å². The molecule has 0 amide bonds. The van der Waals surface area contributed by atoms with Gasteiger partial charge in [0.1, 0.15) is 0 Å². The fourth-order valence-electron chi connectivity index (χ4n) is 1.94. The summed E-state index contributed by atoms with van der Waals surface area (Å²) in [7, 11) is 0. The molecule has 0 atom stereocenters. The van der Waals surface area contributed by atoms with Crippen LogP contribution in [0.25, 0.3) is 11.4 Å². The number of benzene rings is 1. The largest absolute Gasteiger partial charge is 0.398 e. The number of anilines is 1. The Hall–Kier alpha value is -1.91. The molecule has 0 radical (unpaired) electrons. The number of nitrogens with zero attached hydrogens (tertiary/aromatic N) is 4. The molecule has 96 valence electrons. The molecule has 2 rings (SSSR count). The molecule has 0 saturated carbocycles. The second-order valence-electron chi connectivity index (χ2n) is 5.76. The molecule has 5 nitrogen and oxygen atoms in total. The topological polar surface area (TPSA) is 69.6 Å². The van der Waals surface area contributed by atoms with E-state index in [1.807, 2.05) is 29.8 Å². The van der Waals surface area contributed by atoms with Gasteiger partial charge < -0.3 is 5.73 Å². The third-order valence-electron chi connectivity index (χ3n) is 2.68. The summed E-state index contributed by atoms with van der Waals surface area (Å²) in [6.45, 7) is 9.23. The summed E-state index contributed by atoms with van der Waals surface area (Å²) in [4.78, 5) is 0. The van der Waals surface area contributed by atoms with Crippen molar-refractivity contribution in [2.75, 3.05) is 5.73 Å². The molecule has 0 bridgehead atoms. The van der Waals surface area contributed by atoms with Crippen molar-refractivity contribution in [3.63, 3.8) is 0 Å². The van der Waals surface area contributed by atoms with E-state index in [1.54, 1.807) is 0 Å². The quantitative estimate of drug-likeness (QED) is 0.824. The van der Waals surface area contributed by atoms with E-state index in [9.17, 15) is 0 Å². The number of hydrogen-bond donors (Lipinski definition) is 1. The third-order valence-corrected chi connectivity index (χ3v) is 2.68. The van der Waals surface area contributed by atoms with Gasteiger partial charge in [-0.25, -0.2) is 4.68 Å². The molecule has 1 aromatic heterocycles. The zero-order valence-corrected chi connectivity index (χ0v) is 11.3. The standard InChI is InChI=1S/C13H19N5/c1-9-6-5-7-10(14)11(9)12-15-16-17-18(12)8-13(2,3)4/h5-7H,8,14H2,1-4H3. The fraction of sp³-hybridized carbons (Fsp3) is 0.462. The summed E-state index contributed by atoms with van der Waals surface area (Å²) in [6.07, 6.45) is 0. The first kappa shape index (κ1) is 12.5. The first-order valence-electron chi connectivity index (χ1n) is 6.00. The molecule has 0 aliphatic carbocycles. The van der Waals surface area contributed by atoms with E-state index in [0.717, 1.165) is 23.5 Å². The fourth-order valence-corrected chi connectivity index (χ4v) is 1.94. The summed E-state index contributed by atoms with van der Waals surface area (Å²) < 4.78 is 1.82. The van der Waals surface area contributed by atoms with E-state index in [4.69, 9.17) is 5.73 Å². The van der Waals surface area contributed by atoms with Crippen molar-refractivity contribution in [1.29, 1.82) is 0 Å². The van der Waals surface area contributed by atoms with E-state index in [-0.39, 0.29) is 5.41 Å². The molecule has 0 aliphatic heterocycles. The molecule has 5 heteroatoms. The maximum atomic E-state index is 6.04. The Labute approximate surface area is 107 Å². The van der Waals surface area contributed by atoms with Crippen LogP contribution >= 0.6 is 0 Å². The van der Waals surface area contributed by atoms with Crippen LogP contribution in [0.5, 0.6) is 0 Å². The Kier molecular flexibility index (Phi) is 3.07. The van der Waals surface area contributed by atoms with Gasteiger partial charge in [0, 0.05) is 17.8 Å². The first-order chi connectivity index (χ1) is 8.38. The van der Waals surface area contributed by atoms with E-state index in [0.29, 0.717) is 5.69 Å². The maximum Gasteiger partial charge on any atom is 0.184 e. The highest BCUT2D eigenvalue weighted by Gasteiger charge is 2.19. The third kappa shape index (κ3) is 2.50. The van der Waals surface area contributed by atoms with E-state index >= 15 is 0 Å². The Balaban J connectivity index is 2.49. The predicted octanol–water partition coefficient (Wildman–Crippen LogP) is 2.28. The van der Waals surface area contributed by atoms with Crippen LogP contribution in [-0.4, -0.2) is 20.2 Å². The van der Waals surface area contributed by atoms with Crippen LogP contribution in [-0.2, 0) is 6.54 Å². The van der Waals surface area contributed by atoms with Crippen LogP contribution in [0, 0.1) is 12.3 Å². The molecule has 0 fully saturated rings. The molecule has 1 aromatic carbocycles. The number of nitrogen functional groups attached to an aromatic ring is 1. The monoisotopic (exact) mass is 245 g/mol. The second-order valence-corrected chi connectivity index (χ2v) is 5.76. The van der Waals surface area contributed by atoms with Gasteiger partial charge in [-0.05, 0) is 34.4 Å². The van der Waals surface area contributed by atoms with Crippen molar-refractivity contribution in [1.82, 2.24) is 20.2 Å². The number of aromatic nitrogens is 4. The Morgan fingerprint density at radius 3 is 2.61 bits per heavy atom. The van der Waals surface area contributed by atoms with Gasteiger partial charge >= 0.3 is 0 Å². The highest BCUT2D eigenvalue weighted by atomic mass is 15.5. The zero-order chi connectivity index (χ0) is 13.3. The number of tetrazole rings is 1. The molecule has 0 saturated heterocycles. The molecule has 1 heterocycles. The van der Waals surface area contributed by atoms with Gasteiger partial charge in [-0.1, -0.05) is 32.9 Å². The summed E-state index contributed by atoms with van der Waals surface area (Å²) in [5.74, 6) is 0.737. The van der Waals surface area contributed by atoms with Gasteiger partial charge in [0.05, 0.1) is 0 Å². The van der Waals surface area contributed by atoms with Gasteiger partial charge in [0.15, 0.2) is 5.82 Å². The minimum atomic E-state index is 0.113. The minimum absolute atomic E-state index is 0.113. The van der Waals surface area contributed by atoms with Crippen LogP contribution in [0.4, 0.5) is 5.69 Å². The lowest BCUT2D eigenvalue weighted by atomic mass is 9.97. The number of rotatable bonds is 2. The Morgan fingerprint density at radius 2 is 2.00 bits per heavy atom. The summed E-state index contributed by atoms with van der Waals surface area (Å²) >= 11 is 0. The predicted molar refractivity (Wildman–Crippen MR) is 71.9 cm³/mol. The Morgan fingerprint density at radius 1 is 1.28 bits per heavy atom. The Bertz CT molecular complexity index is 530. The van der Waals surface area contributed by atoms with E-state index in [2.05, 4.69) is 36.3 Å². The molecule has 18 heavy (non-hydrogen) atoms. The second kappa shape index (κ2) is 4.40. The van der Waals surface area contributed by atoms with Crippen LogP contribution in [0.3, 0.4) is 0 Å². The smallest absolute Gasteiger partial charge is 0.184 e. The van der Waals surface area contributed by atoms with Crippen LogP contribution < -0.4 is 5.73 Å². The average molecular weight is 245 g/mol. The van der Waals surface area contributed by atoms with Gasteiger partial charge in [-0.3, -0.25) is 0 Å². The minimum Gasteiger partial charge on any atom is -0.398 e. The van der Waals surface area contributed by atoms with Gasteiger partial charge in [-0.2, -0.15) is 0 Å². The lowest BCUT2D eigenvalue weighted by Crippen LogP contribution is -2.18. The highest BCUT2D eigenvalue weighted by Crippen LogP contribution is 2.28. The van der Waals surface area contributed by atoms with Crippen molar-refractivity contribution in [3.05, 3.63) is 23.8 Å². The molecule has 0 unspecified atom stereocenters. The SMILES string of the molecule is Cc1cccc(N)c1-c1nnnn1CC(C)(C)C. The summed E-state index contributed by atoms with van der Waals surface area (Å²) in [6, 6.07) is 5.83. The van der Waals surface area contributed by atoms with Gasteiger partial charge in [0.2, 0.25) is 0 Å². The lowest BCUT2D eigenvalue weighted by molar-refractivity contribution is 0.323. The molecule has 0 aliphatic rings. The number of hydrogen-bond acceptors (Lipinski definition) is 4. The number of nitrogens with two attached hydrogens (primary N) is 1. The van der Waals surface area contributed by atoms with Crippen molar-refractivity contribution in [3.8, 4) is 11.4 Å². The maximum absolute atomic E-state index is 6.04. The molecule has 2 N–H and O–H groups in total. The van der Waals surface area contributed by atoms with Crippen molar-refractivity contribution in [2.45, 2.75) is 34.2 Å². The molecular weight excluding hydrogens is 226 g/mol. The average Bonchev–Trinajstić information content (AvgIpc) is 2.63. The van der Waals surface area contributed by atoms with Crippen molar-refractivity contribution >= 4 is 5.69 Å².